The van der Waals surface area contributed by atoms with Crippen molar-refractivity contribution in [3.05, 3.63) is 59.9 Å². The molecule has 0 atom stereocenters. The Morgan fingerprint density at radius 1 is 1.03 bits per heavy atom. The van der Waals surface area contributed by atoms with Gasteiger partial charge in [-0.15, -0.1) is 11.8 Å². The molecule has 0 bridgehead atoms. The van der Waals surface area contributed by atoms with Gasteiger partial charge in [0.15, 0.2) is 0 Å². The molecule has 0 aliphatic heterocycles. The molecular weight excluding hydrogens is 439 g/mol. The van der Waals surface area contributed by atoms with Gasteiger partial charge in [-0.2, -0.15) is 13.2 Å². The predicted octanol–water partition coefficient (Wildman–Crippen LogP) is 7.43. The second kappa shape index (κ2) is 7.91. The quantitative estimate of drug-likeness (QED) is 0.292. The van der Waals surface area contributed by atoms with Gasteiger partial charge in [0.2, 0.25) is 0 Å². The topological polar surface area (TPSA) is 38.7 Å². The summed E-state index contributed by atoms with van der Waals surface area (Å²) >= 11 is 2.90. The number of fused-ring (bicyclic) bond motifs is 1. The van der Waals surface area contributed by atoms with Crippen molar-refractivity contribution in [1.29, 1.82) is 0 Å². The van der Waals surface area contributed by atoms with Crippen molar-refractivity contribution in [3.63, 3.8) is 0 Å². The largest absolute Gasteiger partial charge is 0.417 e. The lowest BCUT2D eigenvalue weighted by molar-refractivity contribution is -0.137. The third kappa shape index (κ3) is 4.19. The molecule has 1 saturated carbocycles. The number of halogens is 3. The summed E-state index contributed by atoms with van der Waals surface area (Å²) in [6.45, 7) is 2.06. The number of rotatable bonds is 5. The van der Waals surface area contributed by atoms with Crippen LogP contribution in [0.1, 0.15) is 36.8 Å². The van der Waals surface area contributed by atoms with Gasteiger partial charge in [-0.3, -0.25) is 4.98 Å². The molecule has 0 spiro atoms. The molecule has 8 heteroatoms. The van der Waals surface area contributed by atoms with E-state index in [-0.39, 0.29) is 5.52 Å². The van der Waals surface area contributed by atoms with Crippen molar-refractivity contribution >= 4 is 33.4 Å². The van der Waals surface area contributed by atoms with Crippen molar-refractivity contribution in [3.8, 4) is 21.8 Å². The van der Waals surface area contributed by atoms with Gasteiger partial charge in [-0.1, -0.05) is 42.5 Å². The average Bonchev–Trinajstić information content (AvgIpc) is 3.52. The highest BCUT2D eigenvalue weighted by molar-refractivity contribution is 7.99. The molecule has 5 rings (SSSR count). The molecule has 4 aromatic rings. The first-order valence-corrected chi connectivity index (χ1v) is 11.8. The fourth-order valence-corrected chi connectivity index (χ4v) is 5.25. The molecule has 158 valence electrons. The van der Waals surface area contributed by atoms with Crippen molar-refractivity contribution < 1.29 is 13.2 Å². The Labute approximate surface area is 185 Å². The zero-order chi connectivity index (χ0) is 21.6. The third-order valence-corrected chi connectivity index (χ3v) is 7.12. The number of hydrogen-bond acceptors (Lipinski definition) is 5. The molecule has 1 aliphatic rings. The molecular formula is C23H18F3N3S2. The Kier molecular flexibility index (Phi) is 5.22. The van der Waals surface area contributed by atoms with Crippen molar-refractivity contribution in [2.45, 2.75) is 36.8 Å². The minimum atomic E-state index is -4.44. The van der Waals surface area contributed by atoms with Crippen LogP contribution < -0.4 is 0 Å². The number of thioether (sulfide) groups is 1. The van der Waals surface area contributed by atoms with Gasteiger partial charge < -0.3 is 0 Å². The van der Waals surface area contributed by atoms with E-state index in [1.54, 1.807) is 11.8 Å². The highest BCUT2D eigenvalue weighted by Crippen LogP contribution is 2.41. The fourth-order valence-electron chi connectivity index (χ4n) is 3.47. The lowest BCUT2D eigenvalue weighted by Gasteiger charge is -2.09. The molecule has 1 aliphatic carbocycles. The number of aromatic nitrogens is 3. The molecule has 1 aromatic carbocycles. The van der Waals surface area contributed by atoms with Crippen molar-refractivity contribution in [2.75, 3.05) is 5.75 Å². The van der Waals surface area contributed by atoms with Gasteiger partial charge in [0, 0.05) is 22.9 Å². The summed E-state index contributed by atoms with van der Waals surface area (Å²) < 4.78 is 39.0. The summed E-state index contributed by atoms with van der Waals surface area (Å²) in [6.07, 6.45) is 0.765. The number of pyridine rings is 2. The van der Waals surface area contributed by atoms with Crippen LogP contribution in [0.5, 0.6) is 0 Å². The maximum atomic E-state index is 13.0. The van der Waals surface area contributed by atoms with Crippen LogP contribution in [0.25, 0.3) is 32.2 Å². The molecule has 0 radical (unpaired) electrons. The first-order chi connectivity index (χ1) is 14.9. The summed E-state index contributed by atoms with van der Waals surface area (Å²) in [6, 6.07) is 11.8. The van der Waals surface area contributed by atoms with Crippen LogP contribution in [-0.4, -0.2) is 20.7 Å². The zero-order valence-electron chi connectivity index (χ0n) is 16.6. The normalized spacial score (nSPS) is 14.3. The number of nitrogens with zero attached hydrogens (tertiary/aromatic N) is 3. The highest BCUT2D eigenvalue weighted by atomic mass is 32.2. The van der Waals surface area contributed by atoms with E-state index in [2.05, 4.69) is 52.2 Å². The molecule has 3 heterocycles. The van der Waals surface area contributed by atoms with Crippen LogP contribution in [0.4, 0.5) is 13.2 Å². The van der Waals surface area contributed by atoms with Crippen LogP contribution in [0.3, 0.4) is 0 Å². The van der Waals surface area contributed by atoms with Crippen LogP contribution in [0.2, 0.25) is 0 Å². The lowest BCUT2D eigenvalue weighted by Crippen LogP contribution is -2.04. The van der Waals surface area contributed by atoms with Crippen molar-refractivity contribution in [2.24, 2.45) is 0 Å². The van der Waals surface area contributed by atoms with E-state index in [0.29, 0.717) is 21.4 Å². The second-order valence-electron chi connectivity index (χ2n) is 7.47. The number of thiazole rings is 1. The Hall–Kier alpha value is -2.45. The minimum Gasteiger partial charge on any atom is -0.252 e. The van der Waals surface area contributed by atoms with Crippen LogP contribution in [-0.2, 0) is 6.18 Å². The maximum absolute atomic E-state index is 13.0. The van der Waals surface area contributed by atoms with Gasteiger partial charge in [0.1, 0.15) is 21.0 Å². The number of hydrogen-bond donors (Lipinski definition) is 0. The summed E-state index contributed by atoms with van der Waals surface area (Å²) in [7, 11) is 0. The Morgan fingerprint density at radius 2 is 1.81 bits per heavy atom. The standard InChI is InChI=1S/C23H18F3N3S2/c1-2-30-19-9-16(15-7-5-14(6-8-15)13-3-4-13)11-27-20(19)22-29-18-10-17(23(24,25)26)12-28-21(18)31-22/h5-13H,2-4H2,1H3. The average molecular weight is 458 g/mol. The molecule has 3 nitrogen and oxygen atoms in total. The zero-order valence-corrected chi connectivity index (χ0v) is 18.2. The van der Waals surface area contributed by atoms with E-state index in [0.717, 1.165) is 34.0 Å². The van der Waals surface area contributed by atoms with Gasteiger partial charge in [0.05, 0.1) is 5.56 Å². The fraction of sp³-hybridized carbons (Fsp3) is 0.261. The number of alkyl halides is 3. The molecule has 0 N–H and O–H groups in total. The molecule has 0 unspecified atom stereocenters. The second-order valence-corrected chi connectivity index (χ2v) is 9.75. The Balaban J connectivity index is 1.52. The highest BCUT2D eigenvalue weighted by Gasteiger charge is 2.31. The third-order valence-electron chi connectivity index (χ3n) is 5.22. The monoisotopic (exact) mass is 457 g/mol. The Morgan fingerprint density at radius 3 is 2.48 bits per heavy atom. The predicted molar refractivity (Wildman–Crippen MR) is 119 cm³/mol. The Bertz CT molecular complexity index is 1250. The summed E-state index contributed by atoms with van der Waals surface area (Å²) in [5, 5.41) is 0.577. The SMILES string of the molecule is CCSc1cc(-c2ccc(C3CC3)cc2)cnc1-c1nc2cc(C(F)(F)F)cnc2s1. The number of benzene rings is 1. The van der Waals surface area contributed by atoms with Crippen LogP contribution in [0, 0.1) is 0 Å². The first-order valence-electron chi connectivity index (χ1n) is 9.99. The molecule has 1 fully saturated rings. The summed E-state index contributed by atoms with van der Waals surface area (Å²) in [5.41, 5.74) is 3.63. The van der Waals surface area contributed by atoms with Crippen LogP contribution in [0.15, 0.2) is 53.7 Å². The van der Waals surface area contributed by atoms with E-state index in [9.17, 15) is 13.2 Å². The molecule has 31 heavy (non-hydrogen) atoms. The summed E-state index contributed by atoms with van der Waals surface area (Å²) in [5.74, 6) is 1.56. The van der Waals surface area contributed by atoms with E-state index < -0.39 is 11.7 Å². The van der Waals surface area contributed by atoms with E-state index in [4.69, 9.17) is 0 Å². The first kappa shape index (κ1) is 20.5. The van der Waals surface area contributed by atoms with Gasteiger partial charge >= 0.3 is 6.18 Å². The van der Waals surface area contributed by atoms with Crippen LogP contribution >= 0.6 is 23.1 Å². The van der Waals surface area contributed by atoms with Gasteiger partial charge in [0.25, 0.3) is 0 Å². The van der Waals surface area contributed by atoms with Gasteiger partial charge in [-0.05, 0) is 47.8 Å². The van der Waals surface area contributed by atoms with Gasteiger partial charge in [-0.25, -0.2) is 9.97 Å². The lowest BCUT2D eigenvalue weighted by atomic mass is 10.0. The molecule has 3 aromatic heterocycles. The maximum Gasteiger partial charge on any atom is 0.417 e. The molecule has 0 saturated heterocycles. The van der Waals surface area contributed by atoms with E-state index in [1.165, 1.54) is 29.7 Å². The van der Waals surface area contributed by atoms with E-state index in [1.807, 2.05) is 6.20 Å². The minimum absolute atomic E-state index is 0.240. The molecule has 0 amide bonds. The smallest absolute Gasteiger partial charge is 0.252 e. The summed E-state index contributed by atoms with van der Waals surface area (Å²) in [4.78, 5) is 14.5. The van der Waals surface area contributed by atoms with Crippen molar-refractivity contribution in [1.82, 2.24) is 15.0 Å². The van der Waals surface area contributed by atoms with E-state index >= 15 is 0 Å².